The smallest absolute Gasteiger partial charge is 0.216 e. The molecule has 22 heavy (non-hydrogen) atoms. The molecular formula is C16H20N4OS. The molecule has 1 unspecified atom stereocenters. The number of ether oxygens (including phenoxy) is 1. The normalized spacial score (nSPS) is 18.6. The molecule has 2 heterocycles. The van der Waals surface area contributed by atoms with Crippen LogP contribution in [0.4, 0.5) is 0 Å². The van der Waals surface area contributed by atoms with E-state index >= 15 is 0 Å². The fourth-order valence-corrected chi connectivity index (χ4v) is 2.68. The molecule has 0 amide bonds. The average molecular weight is 316 g/mol. The fraction of sp³-hybridized carbons (Fsp3) is 0.438. The lowest BCUT2D eigenvalue weighted by molar-refractivity contribution is 0.102. The van der Waals surface area contributed by atoms with Crippen molar-refractivity contribution in [1.82, 2.24) is 14.9 Å². The van der Waals surface area contributed by atoms with Crippen LogP contribution >= 0.6 is 12.2 Å². The van der Waals surface area contributed by atoms with E-state index in [1.54, 1.807) is 10.9 Å². The third-order valence-corrected chi connectivity index (χ3v) is 4.08. The minimum Gasteiger partial charge on any atom is -0.370 e. The quantitative estimate of drug-likeness (QED) is 0.689. The number of aromatic nitrogens is 3. The maximum atomic E-state index is 5.66. The summed E-state index contributed by atoms with van der Waals surface area (Å²) in [4.78, 5) is 0. The lowest BCUT2D eigenvalue weighted by Crippen LogP contribution is -2.05. The monoisotopic (exact) mass is 316 g/mol. The Morgan fingerprint density at radius 3 is 2.82 bits per heavy atom. The van der Waals surface area contributed by atoms with Crippen molar-refractivity contribution < 1.29 is 4.74 Å². The molecule has 2 aromatic rings. The molecule has 0 saturated carbocycles. The number of nitrogens with zero attached hydrogens (tertiary/aromatic N) is 3. The lowest BCUT2D eigenvalue weighted by atomic mass is 10.0. The first-order valence-electron chi connectivity index (χ1n) is 7.58. The average Bonchev–Trinajstić information content (AvgIpc) is 3.15. The van der Waals surface area contributed by atoms with Crippen molar-refractivity contribution in [2.24, 2.45) is 5.10 Å². The van der Waals surface area contributed by atoms with Crippen LogP contribution in [0.15, 0.2) is 29.4 Å². The Labute approximate surface area is 135 Å². The molecule has 1 aromatic heterocycles. The molecule has 1 N–H and O–H groups in total. The lowest BCUT2D eigenvalue weighted by Gasteiger charge is -2.07. The standard InChI is InChI=1S/C16H20N4OS/c1-11(2)13-7-5-12(6-8-13)10-17-20-15(18-19-16(20)22)14-4-3-9-21-14/h5-8,10-11,14H,3-4,9H2,1-2H3,(H,19,22)/b17-10-. The summed E-state index contributed by atoms with van der Waals surface area (Å²) in [5.74, 6) is 1.28. The largest absolute Gasteiger partial charge is 0.370 e. The molecule has 3 rings (SSSR count). The van der Waals surface area contributed by atoms with Crippen LogP contribution in [0.1, 0.15) is 55.7 Å². The molecular weight excluding hydrogens is 296 g/mol. The van der Waals surface area contributed by atoms with Crippen LogP contribution in [-0.2, 0) is 4.74 Å². The minimum atomic E-state index is -0.0200. The maximum Gasteiger partial charge on any atom is 0.216 e. The van der Waals surface area contributed by atoms with Gasteiger partial charge in [0.2, 0.25) is 4.77 Å². The van der Waals surface area contributed by atoms with Gasteiger partial charge in [-0.3, -0.25) is 5.10 Å². The highest BCUT2D eigenvalue weighted by Gasteiger charge is 2.23. The van der Waals surface area contributed by atoms with Gasteiger partial charge >= 0.3 is 0 Å². The van der Waals surface area contributed by atoms with E-state index in [1.165, 1.54) is 5.56 Å². The van der Waals surface area contributed by atoms with Crippen molar-refractivity contribution in [2.45, 2.75) is 38.7 Å². The summed E-state index contributed by atoms with van der Waals surface area (Å²) in [5, 5.41) is 11.5. The summed E-state index contributed by atoms with van der Waals surface area (Å²) >= 11 is 5.25. The van der Waals surface area contributed by atoms with Gasteiger partial charge in [0.25, 0.3) is 0 Å². The third kappa shape index (κ3) is 3.18. The van der Waals surface area contributed by atoms with Crippen LogP contribution in [0.2, 0.25) is 0 Å². The van der Waals surface area contributed by atoms with Gasteiger partial charge in [-0.25, -0.2) is 0 Å². The first-order valence-corrected chi connectivity index (χ1v) is 7.99. The topological polar surface area (TPSA) is 55.2 Å². The molecule has 1 saturated heterocycles. The Kier molecular flexibility index (Phi) is 4.49. The van der Waals surface area contributed by atoms with E-state index in [2.05, 4.69) is 53.4 Å². The second kappa shape index (κ2) is 6.54. The highest BCUT2D eigenvalue weighted by Crippen LogP contribution is 2.26. The SMILES string of the molecule is CC(C)c1ccc(/C=N\n2c(C3CCCO3)n[nH]c2=S)cc1. The molecule has 1 aliphatic rings. The van der Waals surface area contributed by atoms with Crippen molar-refractivity contribution in [3.63, 3.8) is 0 Å². The number of rotatable bonds is 4. The molecule has 1 fully saturated rings. The zero-order valence-electron chi connectivity index (χ0n) is 12.8. The van der Waals surface area contributed by atoms with E-state index in [0.717, 1.165) is 30.8 Å². The first-order chi connectivity index (χ1) is 10.6. The highest BCUT2D eigenvalue weighted by molar-refractivity contribution is 7.71. The highest BCUT2D eigenvalue weighted by atomic mass is 32.1. The van der Waals surface area contributed by atoms with Crippen LogP contribution < -0.4 is 0 Å². The molecule has 1 aliphatic heterocycles. The van der Waals surface area contributed by atoms with Crippen molar-refractivity contribution in [3.8, 4) is 0 Å². The summed E-state index contributed by atoms with van der Waals surface area (Å²) in [5.41, 5.74) is 2.35. The molecule has 6 heteroatoms. The summed E-state index contributed by atoms with van der Waals surface area (Å²) in [7, 11) is 0. The maximum absolute atomic E-state index is 5.66. The van der Waals surface area contributed by atoms with Gasteiger partial charge in [-0.15, -0.1) is 0 Å². The van der Waals surface area contributed by atoms with Crippen molar-refractivity contribution in [1.29, 1.82) is 0 Å². The fourth-order valence-electron chi connectivity index (χ4n) is 2.50. The van der Waals surface area contributed by atoms with E-state index in [9.17, 15) is 0 Å². The predicted molar refractivity (Wildman–Crippen MR) is 88.9 cm³/mol. The van der Waals surface area contributed by atoms with Crippen molar-refractivity contribution >= 4 is 18.4 Å². The number of aromatic amines is 1. The van der Waals surface area contributed by atoms with Crippen molar-refractivity contribution in [3.05, 3.63) is 46.0 Å². The van der Waals surface area contributed by atoms with Crippen LogP contribution in [0.5, 0.6) is 0 Å². The predicted octanol–water partition coefficient (Wildman–Crippen LogP) is 3.80. The zero-order chi connectivity index (χ0) is 15.5. The van der Waals surface area contributed by atoms with Gasteiger partial charge in [-0.2, -0.15) is 14.9 Å². The number of nitrogens with one attached hydrogen (secondary N) is 1. The van der Waals surface area contributed by atoms with Crippen LogP contribution in [0.25, 0.3) is 0 Å². The molecule has 1 aromatic carbocycles. The van der Waals surface area contributed by atoms with Gasteiger partial charge in [-0.05, 0) is 42.1 Å². The Morgan fingerprint density at radius 1 is 1.41 bits per heavy atom. The Bertz CT molecular complexity index is 708. The third-order valence-electron chi connectivity index (χ3n) is 3.82. The molecule has 0 aliphatic carbocycles. The Balaban J connectivity index is 1.83. The number of H-pyrrole nitrogens is 1. The van der Waals surface area contributed by atoms with E-state index in [-0.39, 0.29) is 6.10 Å². The van der Waals surface area contributed by atoms with Crippen LogP contribution in [-0.4, -0.2) is 27.7 Å². The van der Waals surface area contributed by atoms with E-state index in [4.69, 9.17) is 17.0 Å². The number of hydrogen-bond acceptors (Lipinski definition) is 4. The Morgan fingerprint density at radius 2 is 2.18 bits per heavy atom. The first kappa shape index (κ1) is 15.1. The van der Waals surface area contributed by atoms with E-state index < -0.39 is 0 Å². The summed E-state index contributed by atoms with van der Waals surface area (Å²) in [6, 6.07) is 8.38. The van der Waals surface area contributed by atoms with Gasteiger partial charge in [0.05, 0.1) is 6.21 Å². The summed E-state index contributed by atoms with van der Waals surface area (Å²) < 4.78 is 7.80. The molecule has 1 atom stereocenters. The minimum absolute atomic E-state index is 0.0200. The molecule has 0 radical (unpaired) electrons. The molecule has 0 bridgehead atoms. The zero-order valence-corrected chi connectivity index (χ0v) is 13.6. The summed E-state index contributed by atoms with van der Waals surface area (Å²) in [6.45, 7) is 5.13. The van der Waals surface area contributed by atoms with Crippen LogP contribution in [0.3, 0.4) is 0 Å². The van der Waals surface area contributed by atoms with Gasteiger partial charge < -0.3 is 4.74 Å². The second-order valence-corrected chi connectivity index (χ2v) is 6.15. The molecule has 0 spiro atoms. The van der Waals surface area contributed by atoms with Gasteiger partial charge in [0.15, 0.2) is 5.82 Å². The Hall–Kier alpha value is -1.79. The van der Waals surface area contributed by atoms with Crippen LogP contribution in [0, 0.1) is 4.77 Å². The van der Waals surface area contributed by atoms with E-state index in [0.29, 0.717) is 10.7 Å². The van der Waals surface area contributed by atoms with Gasteiger partial charge in [0, 0.05) is 6.61 Å². The van der Waals surface area contributed by atoms with E-state index in [1.807, 2.05) is 0 Å². The second-order valence-electron chi connectivity index (χ2n) is 5.77. The summed E-state index contributed by atoms with van der Waals surface area (Å²) in [6.07, 6.45) is 3.78. The van der Waals surface area contributed by atoms with Gasteiger partial charge in [-0.1, -0.05) is 38.1 Å². The number of hydrogen-bond donors (Lipinski definition) is 1. The number of benzene rings is 1. The van der Waals surface area contributed by atoms with Gasteiger partial charge in [0.1, 0.15) is 6.10 Å². The molecule has 5 nitrogen and oxygen atoms in total. The van der Waals surface area contributed by atoms with Crippen molar-refractivity contribution in [2.75, 3.05) is 6.61 Å². The molecule has 116 valence electrons.